The van der Waals surface area contributed by atoms with Gasteiger partial charge in [0, 0.05) is 45.9 Å². The van der Waals surface area contributed by atoms with Gasteiger partial charge >= 0.3 is 0 Å². The lowest BCUT2D eigenvalue weighted by atomic mass is 10.0. The van der Waals surface area contributed by atoms with Gasteiger partial charge in [-0.05, 0) is 32.1 Å². The first-order chi connectivity index (χ1) is 12.1. The Morgan fingerprint density at radius 3 is 2.48 bits per heavy atom. The van der Waals surface area contributed by atoms with E-state index < -0.39 is 0 Å². The molecule has 1 saturated heterocycles. The summed E-state index contributed by atoms with van der Waals surface area (Å²) in [6.07, 6.45) is 1.31. The van der Waals surface area contributed by atoms with Gasteiger partial charge in [-0.25, -0.2) is 0 Å². The van der Waals surface area contributed by atoms with Crippen molar-refractivity contribution in [2.45, 2.75) is 47.1 Å². The van der Waals surface area contributed by atoms with Crippen molar-refractivity contribution in [2.24, 2.45) is 16.8 Å². The number of morpholine rings is 1. The minimum Gasteiger partial charge on any atom is -0.379 e. The second kappa shape index (κ2) is 13.4. The third kappa shape index (κ3) is 10.0. The standard InChI is InChI=1S/C19H40N4O2/c1-6-20-19(21-9-8-18(16(3)4)25-7-2)22-14-17(5)15-23-10-12-24-13-11-23/h16-18H,6-15H2,1-5H3,(H2,20,21,22). The lowest BCUT2D eigenvalue weighted by Crippen LogP contribution is -2.41. The van der Waals surface area contributed by atoms with Gasteiger partial charge in [0.05, 0.1) is 19.3 Å². The third-order valence-electron chi connectivity index (χ3n) is 4.42. The van der Waals surface area contributed by atoms with Crippen LogP contribution in [0, 0.1) is 11.8 Å². The Kier molecular flexibility index (Phi) is 11.9. The molecule has 0 aliphatic carbocycles. The number of nitrogens with one attached hydrogen (secondary N) is 2. The number of rotatable bonds is 11. The summed E-state index contributed by atoms with van der Waals surface area (Å²) in [5.41, 5.74) is 0. The second-order valence-electron chi connectivity index (χ2n) is 7.19. The quantitative estimate of drug-likeness (QED) is 0.438. The van der Waals surface area contributed by atoms with Crippen LogP contribution in [-0.4, -0.2) is 76.1 Å². The van der Waals surface area contributed by atoms with Gasteiger partial charge in [0.1, 0.15) is 0 Å². The molecule has 0 radical (unpaired) electrons. The Balaban J connectivity index is 2.36. The van der Waals surface area contributed by atoms with E-state index in [2.05, 4.69) is 50.2 Å². The van der Waals surface area contributed by atoms with Crippen LogP contribution < -0.4 is 10.6 Å². The first-order valence-corrected chi connectivity index (χ1v) is 10.0. The van der Waals surface area contributed by atoms with Gasteiger partial charge in [0.15, 0.2) is 5.96 Å². The van der Waals surface area contributed by atoms with Crippen molar-refractivity contribution in [3.63, 3.8) is 0 Å². The molecule has 0 saturated carbocycles. The predicted molar refractivity (Wildman–Crippen MR) is 105 cm³/mol. The van der Waals surface area contributed by atoms with E-state index in [0.29, 0.717) is 17.9 Å². The van der Waals surface area contributed by atoms with Crippen molar-refractivity contribution in [1.29, 1.82) is 0 Å². The highest BCUT2D eigenvalue weighted by molar-refractivity contribution is 5.79. The zero-order chi connectivity index (χ0) is 18.5. The summed E-state index contributed by atoms with van der Waals surface area (Å²) in [6.45, 7) is 19.1. The molecule has 1 rings (SSSR count). The Morgan fingerprint density at radius 1 is 1.16 bits per heavy atom. The lowest BCUT2D eigenvalue weighted by molar-refractivity contribution is 0.0258. The normalized spacial score (nSPS) is 19.0. The topological polar surface area (TPSA) is 58.1 Å². The van der Waals surface area contributed by atoms with Crippen molar-refractivity contribution < 1.29 is 9.47 Å². The Morgan fingerprint density at radius 2 is 1.88 bits per heavy atom. The van der Waals surface area contributed by atoms with Gasteiger partial charge in [0.2, 0.25) is 0 Å². The number of guanidine groups is 1. The molecule has 6 heteroatoms. The zero-order valence-electron chi connectivity index (χ0n) is 17.0. The Bertz CT molecular complexity index is 357. The van der Waals surface area contributed by atoms with Crippen LogP contribution in [0.5, 0.6) is 0 Å². The zero-order valence-corrected chi connectivity index (χ0v) is 17.0. The number of ether oxygens (including phenoxy) is 2. The van der Waals surface area contributed by atoms with Crippen LogP contribution in [0.2, 0.25) is 0 Å². The van der Waals surface area contributed by atoms with Crippen LogP contribution in [0.3, 0.4) is 0 Å². The largest absolute Gasteiger partial charge is 0.379 e. The molecule has 1 fully saturated rings. The fourth-order valence-corrected chi connectivity index (χ4v) is 3.03. The third-order valence-corrected chi connectivity index (χ3v) is 4.42. The molecule has 2 N–H and O–H groups in total. The average Bonchev–Trinajstić information content (AvgIpc) is 2.59. The van der Waals surface area contributed by atoms with Crippen LogP contribution in [0.4, 0.5) is 0 Å². The Hall–Kier alpha value is -0.850. The summed E-state index contributed by atoms with van der Waals surface area (Å²) >= 11 is 0. The number of hydrogen-bond donors (Lipinski definition) is 2. The van der Waals surface area contributed by atoms with Crippen molar-refractivity contribution in [3.8, 4) is 0 Å². The molecule has 0 aromatic carbocycles. The molecule has 1 aliphatic heterocycles. The van der Waals surface area contributed by atoms with Crippen molar-refractivity contribution >= 4 is 5.96 Å². The van der Waals surface area contributed by atoms with Gasteiger partial charge in [0.25, 0.3) is 0 Å². The van der Waals surface area contributed by atoms with Crippen LogP contribution in [0.1, 0.15) is 41.0 Å². The highest BCUT2D eigenvalue weighted by Gasteiger charge is 2.14. The van der Waals surface area contributed by atoms with Gasteiger partial charge in [-0.2, -0.15) is 0 Å². The van der Waals surface area contributed by atoms with E-state index in [4.69, 9.17) is 14.5 Å². The molecule has 0 amide bonds. The van der Waals surface area contributed by atoms with E-state index in [1.807, 2.05) is 0 Å². The van der Waals surface area contributed by atoms with Gasteiger partial charge in [-0.1, -0.05) is 20.8 Å². The number of nitrogens with zero attached hydrogens (tertiary/aromatic N) is 2. The van der Waals surface area contributed by atoms with Gasteiger partial charge in [-0.15, -0.1) is 0 Å². The molecule has 148 valence electrons. The molecule has 2 unspecified atom stereocenters. The molecule has 0 bridgehead atoms. The molecular formula is C19H40N4O2. The summed E-state index contributed by atoms with van der Waals surface area (Å²) in [5, 5.41) is 6.79. The minimum absolute atomic E-state index is 0.306. The number of aliphatic imine (C=N–C) groups is 1. The highest BCUT2D eigenvalue weighted by Crippen LogP contribution is 2.10. The molecule has 2 atom stereocenters. The van der Waals surface area contributed by atoms with E-state index in [9.17, 15) is 0 Å². The maximum atomic E-state index is 5.81. The fourth-order valence-electron chi connectivity index (χ4n) is 3.03. The van der Waals surface area contributed by atoms with Crippen molar-refractivity contribution in [2.75, 3.05) is 59.1 Å². The average molecular weight is 357 g/mol. The van der Waals surface area contributed by atoms with Crippen LogP contribution >= 0.6 is 0 Å². The summed E-state index contributed by atoms with van der Waals surface area (Å²) in [7, 11) is 0. The fraction of sp³-hybridized carbons (Fsp3) is 0.947. The minimum atomic E-state index is 0.306. The molecule has 6 nitrogen and oxygen atoms in total. The van der Waals surface area contributed by atoms with Gasteiger partial charge < -0.3 is 20.1 Å². The molecule has 1 heterocycles. The molecule has 0 aromatic heterocycles. The van der Waals surface area contributed by atoms with Crippen LogP contribution in [0.15, 0.2) is 4.99 Å². The summed E-state index contributed by atoms with van der Waals surface area (Å²) in [4.78, 5) is 7.23. The first kappa shape index (κ1) is 22.2. The summed E-state index contributed by atoms with van der Waals surface area (Å²) < 4.78 is 11.2. The van der Waals surface area contributed by atoms with Crippen LogP contribution in [0.25, 0.3) is 0 Å². The maximum Gasteiger partial charge on any atom is 0.191 e. The molecule has 0 aromatic rings. The SMILES string of the molecule is CCNC(=NCC(C)CN1CCOCC1)NCCC(OCC)C(C)C. The smallest absolute Gasteiger partial charge is 0.191 e. The highest BCUT2D eigenvalue weighted by atomic mass is 16.5. The van der Waals surface area contributed by atoms with E-state index in [1.54, 1.807) is 0 Å². The van der Waals surface area contributed by atoms with Crippen molar-refractivity contribution in [1.82, 2.24) is 15.5 Å². The van der Waals surface area contributed by atoms with E-state index >= 15 is 0 Å². The maximum absolute atomic E-state index is 5.81. The van der Waals surface area contributed by atoms with E-state index in [-0.39, 0.29) is 0 Å². The van der Waals surface area contributed by atoms with E-state index in [0.717, 1.165) is 71.5 Å². The predicted octanol–water partition coefficient (Wildman–Crippen LogP) is 1.96. The first-order valence-electron chi connectivity index (χ1n) is 10.0. The van der Waals surface area contributed by atoms with Crippen molar-refractivity contribution in [3.05, 3.63) is 0 Å². The molecule has 25 heavy (non-hydrogen) atoms. The summed E-state index contributed by atoms with van der Waals surface area (Å²) in [6, 6.07) is 0. The Labute approximate surface area is 154 Å². The van der Waals surface area contributed by atoms with Crippen LogP contribution in [-0.2, 0) is 9.47 Å². The molecule has 1 aliphatic rings. The van der Waals surface area contributed by atoms with E-state index in [1.165, 1.54) is 0 Å². The lowest BCUT2D eigenvalue weighted by Gasteiger charge is -2.28. The summed E-state index contributed by atoms with van der Waals surface area (Å²) in [5.74, 6) is 1.99. The van der Waals surface area contributed by atoms with Gasteiger partial charge in [-0.3, -0.25) is 9.89 Å². The monoisotopic (exact) mass is 356 g/mol. The molecule has 0 spiro atoms. The number of hydrogen-bond acceptors (Lipinski definition) is 4. The molecular weight excluding hydrogens is 316 g/mol. The second-order valence-corrected chi connectivity index (χ2v) is 7.19.